The standard InChI is InChI=1S/C16H9ClF3NO3S2/c17-13-9-6-5-8(18)7-11(9)25-14(13)15(22)21-10-3-1-2-4-12(10)26(23,24)16(19)20/h1-7,16H,(H,21,22). The summed E-state index contributed by atoms with van der Waals surface area (Å²) < 4.78 is 62.9. The summed E-state index contributed by atoms with van der Waals surface area (Å²) in [4.78, 5) is 11.8. The first-order valence-corrected chi connectivity index (χ1v) is 9.76. The second-order valence-corrected chi connectivity index (χ2v) is 8.46. The summed E-state index contributed by atoms with van der Waals surface area (Å²) in [6.07, 6.45) is 0. The number of alkyl halides is 2. The van der Waals surface area contributed by atoms with Gasteiger partial charge in [0, 0.05) is 10.1 Å². The predicted molar refractivity (Wildman–Crippen MR) is 94.4 cm³/mol. The van der Waals surface area contributed by atoms with Gasteiger partial charge in [0.2, 0.25) is 9.84 Å². The van der Waals surface area contributed by atoms with Crippen molar-refractivity contribution in [1.82, 2.24) is 0 Å². The third-order valence-electron chi connectivity index (χ3n) is 3.47. The molecule has 0 aliphatic carbocycles. The van der Waals surface area contributed by atoms with Crippen molar-refractivity contribution in [3.63, 3.8) is 0 Å². The van der Waals surface area contributed by atoms with E-state index >= 15 is 0 Å². The molecular formula is C16H9ClF3NO3S2. The van der Waals surface area contributed by atoms with Gasteiger partial charge in [-0.05, 0) is 30.3 Å². The molecule has 10 heteroatoms. The molecule has 0 spiro atoms. The van der Waals surface area contributed by atoms with Gasteiger partial charge in [-0.25, -0.2) is 12.8 Å². The zero-order valence-electron chi connectivity index (χ0n) is 12.7. The highest BCUT2D eigenvalue weighted by Crippen LogP contribution is 2.36. The molecule has 4 nitrogen and oxygen atoms in total. The first kappa shape index (κ1) is 18.7. The summed E-state index contributed by atoms with van der Waals surface area (Å²) in [5.74, 6) is -4.92. The van der Waals surface area contributed by atoms with Gasteiger partial charge >= 0.3 is 5.76 Å². The van der Waals surface area contributed by atoms with Crippen molar-refractivity contribution in [1.29, 1.82) is 0 Å². The number of sulfone groups is 1. The van der Waals surface area contributed by atoms with Gasteiger partial charge in [-0.15, -0.1) is 11.3 Å². The van der Waals surface area contributed by atoms with Crippen LogP contribution in [0.15, 0.2) is 47.4 Å². The fourth-order valence-electron chi connectivity index (χ4n) is 2.28. The molecule has 0 aliphatic rings. The number of anilines is 1. The fourth-order valence-corrected chi connectivity index (χ4v) is 4.60. The van der Waals surface area contributed by atoms with Gasteiger partial charge in [-0.3, -0.25) is 4.79 Å². The van der Waals surface area contributed by atoms with Gasteiger partial charge in [-0.1, -0.05) is 23.7 Å². The lowest BCUT2D eigenvalue weighted by Crippen LogP contribution is -2.17. The zero-order valence-corrected chi connectivity index (χ0v) is 15.1. The fraction of sp³-hybridized carbons (Fsp3) is 0.0625. The molecule has 0 fully saturated rings. The minimum Gasteiger partial charge on any atom is -0.320 e. The van der Waals surface area contributed by atoms with Gasteiger partial charge in [0.15, 0.2) is 0 Å². The molecule has 0 bridgehead atoms. The minimum atomic E-state index is -4.90. The molecule has 3 aromatic rings. The van der Waals surface area contributed by atoms with E-state index in [-0.39, 0.29) is 15.6 Å². The number of thiophene rings is 1. The number of amides is 1. The number of carbonyl (C=O) groups excluding carboxylic acids is 1. The second kappa shape index (κ2) is 6.90. The molecule has 3 rings (SSSR count). The maximum atomic E-state index is 13.3. The van der Waals surface area contributed by atoms with E-state index < -0.39 is 32.2 Å². The van der Waals surface area contributed by atoms with Crippen molar-refractivity contribution in [2.75, 3.05) is 5.32 Å². The SMILES string of the molecule is O=C(Nc1ccccc1S(=O)(=O)C(F)F)c1sc2cc(F)ccc2c1Cl. The molecule has 0 atom stereocenters. The Balaban J connectivity index is 2.01. The molecule has 1 amide bonds. The number of fused-ring (bicyclic) bond motifs is 1. The summed E-state index contributed by atoms with van der Waals surface area (Å²) >= 11 is 7.04. The van der Waals surface area contributed by atoms with Crippen molar-refractivity contribution >= 4 is 54.5 Å². The molecule has 1 aromatic heterocycles. The number of hydrogen-bond donors (Lipinski definition) is 1. The number of hydrogen-bond acceptors (Lipinski definition) is 4. The van der Waals surface area contributed by atoms with E-state index in [9.17, 15) is 26.4 Å². The molecule has 26 heavy (non-hydrogen) atoms. The Labute approximate surface area is 155 Å². The van der Waals surface area contributed by atoms with Crippen LogP contribution >= 0.6 is 22.9 Å². The van der Waals surface area contributed by atoms with E-state index in [1.165, 1.54) is 36.4 Å². The third-order valence-corrected chi connectivity index (χ3v) is 6.57. The molecule has 1 N–H and O–H groups in total. The lowest BCUT2D eigenvalue weighted by atomic mass is 10.2. The first-order chi connectivity index (χ1) is 12.2. The maximum absolute atomic E-state index is 13.3. The van der Waals surface area contributed by atoms with Gasteiger partial charge in [-0.2, -0.15) is 8.78 Å². The highest BCUT2D eigenvalue weighted by Gasteiger charge is 2.30. The largest absolute Gasteiger partial charge is 0.341 e. The number of para-hydroxylation sites is 1. The van der Waals surface area contributed by atoms with Crippen molar-refractivity contribution in [2.24, 2.45) is 0 Å². The number of carbonyl (C=O) groups is 1. The van der Waals surface area contributed by atoms with Gasteiger partial charge in [0.25, 0.3) is 5.91 Å². The van der Waals surface area contributed by atoms with Crippen LogP contribution in [0, 0.1) is 5.82 Å². The Hall–Kier alpha value is -2.10. The van der Waals surface area contributed by atoms with E-state index in [1.54, 1.807) is 0 Å². The Kier molecular flexibility index (Phi) is 4.96. The van der Waals surface area contributed by atoms with Crippen LogP contribution in [0.4, 0.5) is 18.9 Å². The first-order valence-electron chi connectivity index (χ1n) is 7.02. The number of halogens is 4. The minimum absolute atomic E-state index is 0.0107. The molecule has 0 saturated heterocycles. The topological polar surface area (TPSA) is 63.2 Å². The maximum Gasteiger partial charge on any atom is 0.341 e. The van der Waals surface area contributed by atoms with Crippen molar-refractivity contribution in [2.45, 2.75) is 10.7 Å². The highest BCUT2D eigenvalue weighted by molar-refractivity contribution is 7.91. The summed E-state index contributed by atoms with van der Waals surface area (Å²) in [6.45, 7) is 0. The molecule has 0 saturated carbocycles. The average molecular weight is 420 g/mol. The average Bonchev–Trinajstić information content (AvgIpc) is 2.91. The van der Waals surface area contributed by atoms with Crippen LogP contribution in [0.1, 0.15) is 9.67 Å². The normalized spacial score (nSPS) is 11.9. The van der Waals surface area contributed by atoms with Crippen LogP contribution in [0.25, 0.3) is 10.1 Å². The Morgan fingerprint density at radius 1 is 1.15 bits per heavy atom. The molecule has 0 radical (unpaired) electrons. The van der Waals surface area contributed by atoms with Gasteiger partial charge in [0.1, 0.15) is 10.7 Å². The molecule has 0 unspecified atom stereocenters. The van der Waals surface area contributed by atoms with Crippen LogP contribution in [0.5, 0.6) is 0 Å². The Morgan fingerprint density at radius 2 is 1.85 bits per heavy atom. The second-order valence-electron chi connectivity index (χ2n) is 5.14. The summed E-state index contributed by atoms with van der Waals surface area (Å²) in [7, 11) is -4.90. The quantitative estimate of drug-likeness (QED) is 0.651. The third kappa shape index (κ3) is 3.29. The smallest absolute Gasteiger partial charge is 0.320 e. The van der Waals surface area contributed by atoms with Gasteiger partial charge < -0.3 is 5.32 Å². The monoisotopic (exact) mass is 419 g/mol. The van der Waals surface area contributed by atoms with Crippen LogP contribution in [-0.2, 0) is 9.84 Å². The number of rotatable bonds is 4. The lowest BCUT2D eigenvalue weighted by Gasteiger charge is -2.10. The van der Waals surface area contributed by atoms with Gasteiger partial charge in [0.05, 0.1) is 15.6 Å². The number of nitrogens with one attached hydrogen (secondary N) is 1. The summed E-state index contributed by atoms with van der Waals surface area (Å²) in [5.41, 5.74) is -0.294. The van der Waals surface area contributed by atoms with E-state index in [0.717, 1.165) is 17.4 Å². The van der Waals surface area contributed by atoms with Crippen LogP contribution in [0.3, 0.4) is 0 Å². The van der Waals surface area contributed by atoms with Crippen molar-refractivity contribution in [3.05, 3.63) is 58.2 Å². The Morgan fingerprint density at radius 3 is 2.54 bits per heavy atom. The zero-order chi connectivity index (χ0) is 19.1. The summed E-state index contributed by atoms with van der Waals surface area (Å²) in [5, 5.41) is 2.81. The van der Waals surface area contributed by atoms with E-state index in [1.807, 2.05) is 0 Å². The number of benzene rings is 2. The molecule has 2 aromatic carbocycles. The molecule has 1 heterocycles. The van der Waals surface area contributed by atoms with Crippen LogP contribution in [-0.4, -0.2) is 20.1 Å². The van der Waals surface area contributed by atoms with Crippen molar-refractivity contribution < 1.29 is 26.4 Å². The van der Waals surface area contributed by atoms with Crippen molar-refractivity contribution in [3.8, 4) is 0 Å². The lowest BCUT2D eigenvalue weighted by molar-refractivity contribution is 0.103. The van der Waals surface area contributed by atoms with Crippen LogP contribution < -0.4 is 5.32 Å². The van der Waals surface area contributed by atoms with E-state index in [0.29, 0.717) is 10.1 Å². The summed E-state index contributed by atoms with van der Waals surface area (Å²) in [6, 6.07) is 8.62. The molecule has 136 valence electrons. The molecule has 0 aliphatic heterocycles. The Bertz CT molecular complexity index is 1110. The highest BCUT2D eigenvalue weighted by atomic mass is 35.5. The van der Waals surface area contributed by atoms with E-state index in [4.69, 9.17) is 11.6 Å². The van der Waals surface area contributed by atoms with E-state index in [2.05, 4.69) is 5.32 Å². The van der Waals surface area contributed by atoms with Crippen LogP contribution in [0.2, 0.25) is 5.02 Å². The predicted octanol–water partition coefficient (Wildman–Crippen LogP) is 4.94. The molecular weight excluding hydrogens is 411 g/mol.